The van der Waals surface area contributed by atoms with E-state index in [1.54, 1.807) is 12.1 Å². The molecule has 1 aliphatic heterocycles. The summed E-state index contributed by atoms with van der Waals surface area (Å²) in [7, 11) is 0. The van der Waals surface area contributed by atoms with Crippen molar-refractivity contribution in [3.63, 3.8) is 0 Å². The smallest absolute Gasteiger partial charge is 0.229 e. The highest BCUT2D eigenvalue weighted by atomic mass is 15.1. The van der Waals surface area contributed by atoms with Gasteiger partial charge >= 0.3 is 0 Å². The normalized spacial score (nSPS) is 11.7. The first-order valence-corrected chi connectivity index (χ1v) is 8.76. The molecule has 6 heteroatoms. The number of nitrogens with one attached hydrogen (secondary N) is 2. The molecule has 2 heterocycles. The molecule has 4 rings (SSSR count). The van der Waals surface area contributed by atoms with E-state index in [0.717, 1.165) is 45.9 Å². The van der Waals surface area contributed by atoms with Gasteiger partial charge in [-0.1, -0.05) is 0 Å². The molecule has 0 amide bonds. The van der Waals surface area contributed by atoms with Crippen LogP contribution in [0.2, 0.25) is 0 Å². The van der Waals surface area contributed by atoms with Crippen molar-refractivity contribution in [2.75, 3.05) is 10.6 Å². The molecule has 0 bridgehead atoms. The number of hydrogen-bond acceptors (Lipinski definition) is 6. The van der Waals surface area contributed by atoms with E-state index in [2.05, 4.69) is 32.7 Å². The second kappa shape index (κ2) is 7.22. The zero-order chi connectivity index (χ0) is 19.5. The van der Waals surface area contributed by atoms with Gasteiger partial charge in [0.25, 0.3) is 0 Å². The van der Waals surface area contributed by atoms with Crippen LogP contribution in [0.25, 0.3) is 6.08 Å². The molecule has 0 spiro atoms. The Morgan fingerprint density at radius 1 is 1.14 bits per heavy atom. The largest absolute Gasteiger partial charge is 0.339 e. The summed E-state index contributed by atoms with van der Waals surface area (Å²) in [5, 5.41) is 24.2. The van der Waals surface area contributed by atoms with Crippen LogP contribution in [0.1, 0.15) is 27.8 Å². The highest BCUT2D eigenvalue weighted by Crippen LogP contribution is 2.35. The molecular formula is C22H16N6. The van der Waals surface area contributed by atoms with Crippen LogP contribution in [0.4, 0.5) is 23.1 Å². The molecule has 134 valence electrons. The van der Waals surface area contributed by atoms with Crippen molar-refractivity contribution in [2.45, 2.75) is 13.3 Å². The molecule has 1 aliphatic rings. The lowest BCUT2D eigenvalue weighted by molar-refractivity contribution is 1.05. The molecule has 6 nitrogen and oxygen atoms in total. The van der Waals surface area contributed by atoms with E-state index in [0.29, 0.717) is 11.5 Å². The van der Waals surface area contributed by atoms with Crippen molar-refractivity contribution in [2.24, 2.45) is 0 Å². The van der Waals surface area contributed by atoms with Gasteiger partial charge < -0.3 is 10.6 Å². The molecule has 2 aromatic carbocycles. The second-order valence-corrected chi connectivity index (χ2v) is 6.52. The molecule has 3 aromatic rings. The summed E-state index contributed by atoms with van der Waals surface area (Å²) in [6, 6.07) is 15.4. The number of rotatable bonds is 3. The zero-order valence-corrected chi connectivity index (χ0v) is 15.2. The van der Waals surface area contributed by atoms with Crippen molar-refractivity contribution < 1.29 is 0 Å². The van der Waals surface area contributed by atoms with Crippen molar-refractivity contribution in [1.82, 2.24) is 9.97 Å². The summed E-state index contributed by atoms with van der Waals surface area (Å²) >= 11 is 0. The Kier molecular flexibility index (Phi) is 4.45. The first kappa shape index (κ1) is 17.3. The quantitative estimate of drug-likeness (QED) is 0.516. The van der Waals surface area contributed by atoms with Gasteiger partial charge in [-0.25, -0.2) is 4.98 Å². The lowest BCUT2D eigenvalue weighted by Gasteiger charge is -2.23. The number of aromatic nitrogens is 2. The van der Waals surface area contributed by atoms with Gasteiger partial charge in [-0.15, -0.1) is 0 Å². The third-order valence-corrected chi connectivity index (χ3v) is 4.55. The van der Waals surface area contributed by atoms with E-state index >= 15 is 0 Å². The highest BCUT2D eigenvalue weighted by molar-refractivity contribution is 5.75. The summed E-state index contributed by atoms with van der Waals surface area (Å²) < 4.78 is 0. The van der Waals surface area contributed by atoms with E-state index in [9.17, 15) is 0 Å². The summed E-state index contributed by atoms with van der Waals surface area (Å²) in [6.07, 6.45) is 5.83. The van der Waals surface area contributed by atoms with Gasteiger partial charge in [-0.05, 0) is 66.1 Å². The SMILES string of the molecule is Cc1cc(/C=C/C#N)cc2c1Nc1nc(Nc3ccc(C#N)cc3)ncc1C2. The molecule has 2 N–H and O–H groups in total. The molecular weight excluding hydrogens is 348 g/mol. The van der Waals surface area contributed by atoms with Crippen LogP contribution in [0.5, 0.6) is 0 Å². The Morgan fingerprint density at radius 3 is 2.71 bits per heavy atom. The van der Waals surface area contributed by atoms with Crippen LogP contribution in [0.15, 0.2) is 48.7 Å². The summed E-state index contributed by atoms with van der Waals surface area (Å²) in [5.74, 6) is 1.27. The van der Waals surface area contributed by atoms with Gasteiger partial charge in [0.2, 0.25) is 5.95 Å². The van der Waals surface area contributed by atoms with Crippen LogP contribution in [0.3, 0.4) is 0 Å². The second-order valence-electron chi connectivity index (χ2n) is 6.52. The van der Waals surface area contributed by atoms with Crippen molar-refractivity contribution >= 4 is 29.2 Å². The van der Waals surface area contributed by atoms with Crippen LogP contribution in [0, 0.1) is 29.6 Å². The minimum absolute atomic E-state index is 0.491. The fraction of sp³-hybridized carbons (Fsp3) is 0.0909. The Hall–Kier alpha value is -4.16. The van der Waals surface area contributed by atoms with E-state index in [-0.39, 0.29) is 0 Å². The lowest BCUT2D eigenvalue weighted by atomic mass is 9.95. The molecule has 0 saturated carbocycles. The van der Waals surface area contributed by atoms with Crippen molar-refractivity contribution in [3.8, 4) is 12.1 Å². The van der Waals surface area contributed by atoms with Crippen LogP contribution >= 0.6 is 0 Å². The number of nitriles is 2. The minimum Gasteiger partial charge on any atom is -0.339 e. The summed E-state index contributed by atoms with van der Waals surface area (Å²) in [6.45, 7) is 2.04. The van der Waals surface area contributed by atoms with Crippen LogP contribution in [-0.4, -0.2) is 9.97 Å². The third kappa shape index (κ3) is 3.40. The summed E-state index contributed by atoms with van der Waals surface area (Å²) in [4.78, 5) is 9.02. The third-order valence-electron chi connectivity index (χ3n) is 4.55. The Morgan fingerprint density at radius 2 is 1.96 bits per heavy atom. The van der Waals surface area contributed by atoms with E-state index in [1.165, 1.54) is 6.08 Å². The van der Waals surface area contributed by atoms with E-state index in [1.807, 2.05) is 43.5 Å². The summed E-state index contributed by atoms with van der Waals surface area (Å²) in [5.41, 5.74) is 6.74. The number of fused-ring (bicyclic) bond motifs is 2. The van der Waals surface area contributed by atoms with Crippen molar-refractivity contribution in [3.05, 3.63) is 76.5 Å². The molecule has 0 radical (unpaired) electrons. The highest BCUT2D eigenvalue weighted by Gasteiger charge is 2.19. The van der Waals surface area contributed by atoms with Gasteiger partial charge in [0.15, 0.2) is 0 Å². The molecule has 28 heavy (non-hydrogen) atoms. The Labute approximate surface area is 162 Å². The predicted octanol–water partition coefficient (Wildman–Crippen LogP) is 4.58. The monoisotopic (exact) mass is 364 g/mol. The van der Waals surface area contributed by atoms with Gasteiger partial charge in [-0.2, -0.15) is 15.5 Å². The van der Waals surface area contributed by atoms with Gasteiger partial charge in [0.05, 0.1) is 17.7 Å². The average molecular weight is 364 g/mol. The van der Waals surface area contributed by atoms with E-state index < -0.39 is 0 Å². The maximum absolute atomic E-state index is 8.89. The standard InChI is InChI=1S/C22H16N6/c1-14-9-16(3-2-8-23)10-17-11-18-13-25-22(28-21(18)27-20(14)17)26-19-6-4-15(12-24)5-7-19/h2-7,9-10,13H,11H2,1H3,(H2,25,26,27,28)/b3-2+. The van der Waals surface area contributed by atoms with Gasteiger partial charge in [0, 0.05) is 35.6 Å². The number of hydrogen-bond donors (Lipinski definition) is 2. The molecule has 0 atom stereocenters. The van der Waals surface area contributed by atoms with Crippen LogP contribution in [-0.2, 0) is 6.42 Å². The molecule has 0 fully saturated rings. The zero-order valence-electron chi connectivity index (χ0n) is 15.2. The number of allylic oxidation sites excluding steroid dienone is 1. The number of aryl methyl sites for hydroxylation is 1. The number of nitrogens with zero attached hydrogens (tertiary/aromatic N) is 4. The first-order valence-electron chi connectivity index (χ1n) is 8.76. The van der Waals surface area contributed by atoms with Gasteiger partial charge in [0.1, 0.15) is 5.82 Å². The molecule has 0 saturated heterocycles. The lowest BCUT2D eigenvalue weighted by Crippen LogP contribution is -2.12. The van der Waals surface area contributed by atoms with E-state index in [4.69, 9.17) is 10.5 Å². The maximum Gasteiger partial charge on any atom is 0.229 e. The fourth-order valence-electron chi connectivity index (χ4n) is 3.22. The molecule has 0 aliphatic carbocycles. The molecule has 0 unspecified atom stereocenters. The van der Waals surface area contributed by atoms with Crippen molar-refractivity contribution in [1.29, 1.82) is 10.5 Å². The Balaban J connectivity index is 1.60. The first-order chi connectivity index (χ1) is 13.7. The maximum atomic E-state index is 8.89. The Bertz CT molecular complexity index is 1160. The predicted molar refractivity (Wildman–Crippen MR) is 108 cm³/mol. The van der Waals surface area contributed by atoms with Crippen LogP contribution < -0.4 is 10.6 Å². The molecule has 1 aromatic heterocycles. The van der Waals surface area contributed by atoms with Gasteiger partial charge in [-0.3, -0.25) is 0 Å². The number of benzene rings is 2. The topological polar surface area (TPSA) is 97.4 Å². The fourth-order valence-corrected chi connectivity index (χ4v) is 3.22. The average Bonchev–Trinajstić information content (AvgIpc) is 2.72. The minimum atomic E-state index is 0.491. The number of anilines is 4.